The van der Waals surface area contributed by atoms with Gasteiger partial charge >= 0.3 is 0 Å². The lowest BCUT2D eigenvalue weighted by atomic mass is 10.0. The second-order valence-electron chi connectivity index (χ2n) is 5.83. The lowest BCUT2D eigenvalue weighted by Crippen LogP contribution is -2.58. The number of hydrogen-bond acceptors (Lipinski definition) is 4. The third-order valence-electron chi connectivity index (χ3n) is 3.06. The van der Waals surface area contributed by atoms with Crippen LogP contribution >= 0.6 is 0 Å². The van der Waals surface area contributed by atoms with Gasteiger partial charge in [-0.1, -0.05) is 13.8 Å². The first-order chi connectivity index (χ1) is 9.11. The van der Waals surface area contributed by atoms with Crippen LogP contribution in [0.5, 0.6) is 0 Å². The Bertz CT molecular complexity index is 329. The Hall–Kier alpha value is -1.14. The summed E-state index contributed by atoms with van der Waals surface area (Å²) >= 11 is 0. The Balaban J connectivity index is 4.46. The van der Waals surface area contributed by atoms with Crippen LogP contribution in [0.15, 0.2) is 0 Å². The minimum atomic E-state index is -0.980. The molecule has 0 fully saturated rings. The Labute approximate surface area is 121 Å². The van der Waals surface area contributed by atoms with Gasteiger partial charge in [-0.05, 0) is 27.7 Å². The second kappa shape index (κ2) is 8.21. The smallest absolute Gasteiger partial charge is 0.245 e. The molecule has 0 saturated heterocycles. The highest BCUT2D eigenvalue weighted by atomic mass is 16.5. The molecule has 0 saturated carbocycles. The summed E-state index contributed by atoms with van der Waals surface area (Å²) in [6.07, 6.45) is -0.220. The van der Waals surface area contributed by atoms with Crippen LogP contribution in [-0.2, 0) is 14.3 Å². The predicted molar refractivity (Wildman–Crippen MR) is 77.2 cm³/mol. The first-order valence-corrected chi connectivity index (χ1v) is 6.97. The predicted octanol–water partition coefficient (Wildman–Crippen LogP) is 0.439. The maximum Gasteiger partial charge on any atom is 0.245 e. The first kappa shape index (κ1) is 18.9. The Morgan fingerprint density at radius 2 is 1.75 bits per heavy atom. The first-order valence-electron chi connectivity index (χ1n) is 6.97. The van der Waals surface area contributed by atoms with Gasteiger partial charge in [0.25, 0.3) is 0 Å². The normalized spacial score (nSPS) is 14.8. The van der Waals surface area contributed by atoms with Crippen molar-refractivity contribution >= 4 is 11.8 Å². The van der Waals surface area contributed by atoms with Crippen LogP contribution < -0.4 is 10.6 Å². The van der Waals surface area contributed by atoms with E-state index in [4.69, 9.17) is 9.84 Å². The zero-order valence-corrected chi connectivity index (χ0v) is 13.3. The molecule has 0 aliphatic rings. The fraction of sp³-hybridized carbons (Fsp3) is 0.857. The van der Waals surface area contributed by atoms with E-state index in [0.29, 0.717) is 0 Å². The SMILES string of the molecule is CC(C)C(=O)NC(C)(C)C(=O)NC(C)C(C)OCCO. The number of aliphatic hydroxyl groups excluding tert-OH is 1. The highest BCUT2D eigenvalue weighted by molar-refractivity contribution is 5.91. The van der Waals surface area contributed by atoms with Crippen molar-refractivity contribution in [1.29, 1.82) is 0 Å². The van der Waals surface area contributed by atoms with Crippen molar-refractivity contribution in [3.8, 4) is 0 Å². The lowest BCUT2D eigenvalue weighted by molar-refractivity contribution is -0.134. The number of carbonyl (C=O) groups excluding carboxylic acids is 2. The Morgan fingerprint density at radius 1 is 1.20 bits per heavy atom. The standard InChI is InChI=1S/C14H28N2O4/c1-9(2)12(18)16-14(5,6)13(19)15-10(3)11(4)20-8-7-17/h9-11,17H,7-8H2,1-6H3,(H,15,19)(H,16,18). The maximum absolute atomic E-state index is 12.2. The van der Waals surface area contributed by atoms with Gasteiger partial charge in [0.2, 0.25) is 11.8 Å². The molecule has 2 unspecified atom stereocenters. The van der Waals surface area contributed by atoms with E-state index < -0.39 is 5.54 Å². The van der Waals surface area contributed by atoms with Crippen LogP contribution in [-0.4, -0.2) is 47.8 Å². The van der Waals surface area contributed by atoms with E-state index in [2.05, 4.69) is 10.6 Å². The summed E-state index contributed by atoms with van der Waals surface area (Å²) in [4.78, 5) is 23.9. The van der Waals surface area contributed by atoms with E-state index in [0.717, 1.165) is 0 Å². The molecule has 0 heterocycles. The van der Waals surface area contributed by atoms with E-state index in [-0.39, 0.29) is 43.1 Å². The summed E-state index contributed by atoms with van der Waals surface area (Å²) in [5.74, 6) is -0.604. The largest absolute Gasteiger partial charge is 0.394 e. The number of nitrogens with one attached hydrogen (secondary N) is 2. The van der Waals surface area contributed by atoms with Crippen LogP contribution in [0.3, 0.4) is 0 Å². The van der Waals surface area contributed by atoms with Gasteiger partial charge in [0.15, 0.2) is 0 Å². The third-order valence-corrected chi connectivity index (χ3v) is 3.06. The molecule has 0 bridgehead atoms. The molecule has 3 N–H and O–H groups in total. The molecule has 20 heavy (non-hydrogen) atoms. The van der Waals surface area contributed by atoms with Gasteiger partial charge in [-0.2, -0.15) is 0 Å². The fourth-order valence-corrected chi connectivity index (χ4v) is 1.40. The number of amides is 2. The van der Waals surface area contributed by atoms with E-state index in [1.807, 2.05) is 13.8 Å². The number of ether oxygens (including phenoxy) is 1. The van der Waals surface area contributed by atoms with Gasteiger partial charge in [0, 0.05) is 5.92 Å². The fourth-order valence-electron chi connectivity index (χ4n) is 1.40. The van der Waals surface area contributed by atoms with Crippen LogP contribution in [0.4, 0.5) is 0 Å². The highest BCUT2D eigenvalue weighted by Crippen LogP contribution is 2.07. The van der Waals surface area contributed by atoms with Crippen molar-refractivity contribution in [3.63, 3.8) is 0 Å². The minimum Gasteiger partial charge on any atom is -0.394 e. The van der Waals surface area contributed by atoms with Crippen LogP contribution in [0.25, 0.3) is 0 Å². The number of aliphatic hydroxyl groups is 1. The maximum atomic E-state index is 12.2. The van der Waals surface area contributed by atoms with Crippen molar-refractivity contribution in [2.24, 2.45) is 5.92 Å². The Kier molecular flexibility index (Phi) is 7.75. The summed E-state index contributed by atoms with van der Waals surface area (Å²) in [6, 6.07) is -0.218. The molecule has 0 aromatic rings. The van der Waals surface area contributed by atoms with Crippen molar-refractivity contribution in [2.45, 2.75) is 59.2 Å². The zero-order chi connectivity index (χ0) is 15.9. The topological polar surface area (TPSA) is 87.7 Å². The number of hydrogen-bond donors (Lipinski definition) is 3. The molecule has 0 aliphatic carbocycles. The van der Waals surface area contributed by atoms with Crippen LogP contribution in [0.1, 0.15) is 41.5 Å². The third kappa shape index (κ3) is 6.34. The molecule has 0 aromatic heterocycles. The van der Waals surface area contributed by atoms with Crippen molar-refractivity contribution in [2.75, 3.05) is 13.2 Å². The van der Waals surface area contributed by atoms with E-state index >= 15 is 0 Å². The molecule has 6 nitrogen and oxygen atoms in total. The minimum absolute atomic E-state index is 0.0546. The summed E-state index contributed by atoms with van der Waals surface area (Å²) in [5.41, 5.74) is -0.980. The summed E-state index contributed by atoms with van der Waals surface area (Å²) in [5, 5.41) is 14.2. The lowest BCUT2D eigenvalue weighted by Gasteiger charge is -2.29. The monoisotopic (exact) mass is 288 g/mol. The van der Waals surface area contributed by atoms with Gasteiger partial charge in [0.05, 0.1) is 25.4 Å². The van der Waals surface area contributed by atoms with Gasteiger partial charge in [0.1, 0.15) is 5.54 Å². The molecular weight excluding hydrogens is 260 g/mol. The van der Waals surface area contributed by atoms with E-state index in [9.17, 15) is 9.59 Å². The molecule has 6 heteroatoms. The van der Waals surface area contributed by atoms with Gasteiger partial charge in [-0.15, -0.1) is 0 Å². The highest BCUT2D eigenvalue weighted by Gasteiger charge is 2.31. The quantitative estimate of drug-likeness (QED) is 0.605. The zero-order valence-electron chi connectivity index (χ0n) is 13.3. The van der Waals surface area contributed by atoms with Crippen molar-refractivity contribution < 1.29 is 19.4 Å². The molecule has 0 spiro atoms. The van der Waals surface area contributed by atoms with Crippen molar-refractivity contribution in [3.05, 3.63) is 0 Å². The van der Waals surface area contributed by atoms with E-state index in [1.165, 1.54) is 0 Å². The molecule has 0 rings (SSSR count). The molecule has 2 amide bonds. The molecule has 2 atom stereocenters. The van der Waals surface area contributed by atoms with Gasteiger partial charge in [-0.3, -0.25) is 9.59 Å². The average Bonchev–Trinajstić information content (AvgIpc) is 2.34. The summed E-state index contributed by atoms with van der Waals surface area (Å²) in [7, 11) is 0. The summed E-state index contributed by atoms with van der Waals surface area (Å²) in [6.45, 7) is 10.7. The average molecular weight is 288 g/mol. The number of rotatable bonds is 8. The summed E-state index contributed by atoms with van der Waals surface area (Å²) < 4.78 is 5.33. The van der Waals surface area contributed by atoms with Gasteiger partial charge in [-0.25, -0.2) is 0 Å². The molecule has 0 radical (unpaired) electrons. The van der Waals surface area contributed by atoms with Crippen LogP contribution in [0.2, 0.25) is 0 Å². The molecule has 118 valence electrons. The second-order valence-corrected chi connectivity index (χ2v) is 5.83. The molecule has 0 aliphatic heterocycles. The van der Waals surface area contributed by atoms with Gasteiger partial charge < -0.3 is 20.5 Å². The van der Waals surface area contributed by atoms with Crippen LogP contribution in [0, 0.1) is 5.92 Å². The van der Waals surface area contributed by atoms with Crippen molar-refractivity contribution in [1.82, 2.24) is 10.6 Å². The van der Waals surface area contributed by atoms with E-state index in [1.54, 1.807) is 27.7 Å². The molecule has 0 aromatic carbocycles. The Morgan fingerprint density at radius 3 is 2.20 bits per heavy atom. The number of carbonyl (C=O) groups is 2. The molecular formula is C14H28N2O4.